The van der Waals surface area contributed by atoms with Gasteiger partial charge in [0.1, 0.15) is 0 Å². The predicted molar refractivity (Wildman–Crippen MR) is 47.8 cm³/mol. The van der Waals surface area contributed by atoms with E-state index in [1.807, 2.05) is 13.0 Å². The monoisotopic (exact) mass is 233 g/mol. The molecule has 0 aliphatic heterocycles. The summed E-state index contributed by atoms with van der Waals surface area (Å²) in [5.41, 5.74) is 3.40. The van der Waals surface area contributed by atoms with E-state index in [0.29, 0.717) is 0 Å². The smallest absolute Gasteiger partial charge is 0 e. The first-order valence-electron chi connectivity index (χ1n) is 3.73. The first kappa shape index (κ1) is 12.1. The van der Waals surface area contributed by atoms with Crippen molar-refractivity contribution >= 4 is 0 Å². The summed E-state index contributed by atoms with van der Waals surface area (Å²) in [4.78, 5) is 0. The molecule has 0 nitrogen and oxygen atoms in total. The van der Waals surface area contributed by atoms with E-state index in [1.54, 1.807) is 0 Å². The zero-order chi connectivity index (χ0) is 8.27. The van der Waals surface area contributed by atoms with Crippen LogP contribution in [0.3, 0.4) is 0 Å². The van der Waals surface area contributed by atoms with E-state index in [-0.39, 0.29) is 32.7 Å². The molecule has 0 N–H and O–H groups in total. The zero-order valence-electron chi connectivity index (χ0n) is 7.59. The van der Waals surface area contributed by atoms with Gasteiger partial charge in [0.05, 0.1) is 0 Å². The van der Waals surface area contributed by atoms with Gasteiger partial charge in [-0.1, -0.05) is 5.57 Å². The summed E-state index contributed by atoms with van der Waals surface area (Å²) in [6.45, 7) is 9.44. The zero-order valence-corrected chi connectivity index (χ0v) is 10.4. The Hall–Kier alpha value is 0.0639. The Labute approximate surface area is 100 Å². The minimum atomic E-state index is 0. The van der Waals surface area contributed by atoms with E-state index in [4.69, 9.17) is 6.58 Å². The van der Waals surface area contributed by atoms with E-state index < -0.39 is 0 Å². The van der Waals surface area contributed by atoms with Crippen LogP contribution >= 0.6 is 0 Å². The van der Waals surface area contributed by atoms with Gasteiger partial charge in [0, 0.05) is 32.7 Å². The largest absolute Gasteiger partial charge is 0.358 e. The Morgan fingerprint density at radius 2 is 2.25 bits per heavy atom. The molecular formula is C11H12Y-2. The van der Waals surface area contributed by atoms with E-state index in [9.17, 15) is 0 Å². The van der Waals surface area contributed by atoms with Gasteiger partial charge < -0.3 is 18.2 Å². The van der Waals surface area contributed by atoms with E-state index >= 15 is 0 Å². The van der Waals surface area contributed by atoms with E-state index in [1.165, 1.54) is 11.1 Å². The third-order valence-electron chi connectivity index (χ3n) is 1.52. The van der Waals surface area contributed by atoms with Crippen molar-refractivity contribution in [1.29, 1.82) is 0 Å². The van der Waals surface area contributed by atoms with Crippen LogP contribution in [0.25, 0.3) is 0 Å². The minimum Gasteiger partial charge on any atom is -0.358 e. The van der Waals surface area contributed by atoms with Crippen molar-refractivity contribution in [3.63, 3.8) is 0 Å². The van der Waals surface area contributed by atoms with Crippen molar-refractivity contribution < 1.29 is 32.7 Å². The van der Waals surface area contributed by atoms with Crippen molar-refractivity contribution in [3.05, 3.63) is 47.6 Å². The van der Waals surface area contributed by atoms with Crippen molar-refractivity contribution in [2.45, 2.75) is 20.3 Å². The molecule has 1 aliphatic carbocycles. The Kier molecular flexibility index (Phi) is 5.70. The van der Waals surface area contributed by atoms with Crippen LogP contribution in [0.2, 0.25) is 0 Å². The van der Waals surface area contributed by atoms with Gasteiger partial charge in [-0.25, -0.2) is 0 Å². The molecule has 1 heteroatoms. The van der Waals surface area contributed by atoms with Gasteiger partial charge in [-0.05, 0) is 13.3 Å². The summed E-state index contributed by atoms with van der Waals surface area (Å²) in [7, 11) is 0. The molecule has 1 radical (unpaired) electrons. The fraction of sp³-hybridized carbons (Fsp3) is 0.273. The average Bonchev–Trinajstić information content (AvgIpc) is 2.31. The standard InChI is InChI=1S/C11H12.Y/c1-9(2)4-6-11-7-5-10(3)8-11;/h1,4-5,7H,8H2,2-3H3;/q-2;. The number of hydrogen-bond donors (Lipinski definition) is 0. The Bertz CT molecular complexity index is 254. The summed E-state index contributed by atoms with van der Waals surface area (Å²) in [6.07, 6.45) is 10.2. The molecule has 0 spiro atoms. The van der Waals surface area contributed by atoms with Crippen molar-refractivity contribution in [3.8, 4) is 0 Å². The third-order valence-corrected chi connectivity index (χ3v) is 1.52. The van der Waals surface area contributed by atoms with Crippen LogP contribution in [0.5, 0.6) is 0 Å². The normalized spacial score (nSPS) is 15.5. The van der Waals surface area contributed by atoms with E-state index in [2.05, 4.69) is 25.2 Å². The van der Waals surface area contributed by atoms with E-state index in [0.717, 1.165) is 12.0 Å². The van der Waals surface area contributed by atoms with Crippen LogP contribution in [0, 0.1) is 12.7 Å². The van der Waals surface area contributed by atoms with Crippen LogP contribution < -0.4 is 0 Å². The number of hydrogen-bond acceptors (Lipinski definition) is 0. The minimum absolute atomic E-state index is 0. The van der Waals surface area contributed by atoms with Gasteiger partial charge in [-0.2, -0.15) is 11.6 Å². The molecule has 0 saturated carbocycles. The molecule has 0 amide bonds. The molecule has 12 heavy (non-hydrogen) atoms. The molecule has 0 fully saturated rings. The molecule has 0 aromatic rings. The molecular weight excluding hydrogens is 221 g/mol. The first-order valence-corrected chi connectivity index (χ1v) is 3.73. The van der Waals surface area contributed by atoms with Gasteiger partial charge in [-0.3, -0.25) is 6.08 Å². The molecule has 1 aliphatic rings. The van der Waals surface area contributed by atoms with Gasteiger partial charge in [-0.15, -0.1) is 13.0 Å². The molecule has 0 atom stereocenters. The average molecular weight is 233 g/mol. The summed E-state index contributed by atoms with van der Waals surface area (Å²) in [6, 6.07) is 0. The fourth-order valence-electron chi connectivity index (χ4n) is 0.967. The molecule has 61 valence electrons. The summed E-state index contributed by atoms with van der Waals surface area (Å²) < 4.78 is 0. The first-order chi connectivity index (χ1) is 5.18. The van der Waals surface area contributed by atoms with Crippen molar-refractivity contribution in [1.82, 2.24) is 0 Å². The predicted octanol–water partition coefficient (Wildman–Crippen LogP) is 3.00. The third kappa shape index (κ3) is 4.18. The van der Waals surface area contributed by atoms with Crippen molar-refractivity contribution in [2.75, 3.05) is 0 Å². The Morgan fingerprint density at radius 3 is 2.67 bits per heavy atom. The van der Waals surface area contributed by atoms with Crippen LogP contribution in [0.4, 0.5) is 0 Å². The van der Waals surface area contributed by atoms with Crippen molar-refractivity contribution in [2.24, 2.45) is 0 Å². The van der Waals surface area contributed by atoms with Crippen LogP contribution in [-0.2, 0) is 32.7 Å². The van der Waals surface area contributed by atoms with Crippen LogP contribution in [-0.4, -0.2) is 0 Å². The quantitative estimate of drug-likeness (QED) is 0.508. The SMILES string of the molecule is [CH-]=C(C)C=[C-]C1=CC=C(C)C1.[Y]. The Morgan fingerprint density at radius 1 is 1.58 bits per heavy atom. The second kappa shape index (κ2) is 5.67. The summed E-state index contributed by atoms with van der Waals surface area (Å²) in [5.74, 6) is 0. The van der Waals surface area contributed by atoms with Crippen LogP contribution in [0.1, 0.15) is 20.3 Å². The number of rotatable bonds is 2. The molecule has 0 aromatic heterocycles. The second-order valence-corrected chi connectivity index (χ2v) is 2.91. The topological polar surface area (TPSA) is 0 Å². The molecule has 0 heterocycles. The molecule has 0 bridgehead atoms. The Balaban J connectivity index is 0.00000121. The molecule has 0 unspecified atom stereocenters. The molecule has 1 rings (SSSR count). The molecule has 0 saturated heterocycles. The maximum atomic E-state index is 5.46. The van der Waals surface area contributed by atoms with Gasteiger partial charge in [0.25, 0.3) is 0 Å². The summed E-state index contributed by atoms with van der Waals surface area (Å²) in [5, 5.41) is 0. The van der Waals surface area contributed by atoms with Crippen LogP contribution in [0.15, 0.2) is 34.9 Å². The summed E-state index contributed by atoms with van der Waals surface area (Å²) >= 11 is 0. The maximum absolute atomic E-state index is 5.46. The van der Waals surface area contributed by atoms with Gasteiger partial charge >= 0.3 is 0 Å². The maximum Gasteiger partial charge on any atom is 0 e. The fourth-order valence-corrected chi connectivity index (χ4v) is 0.967. The molecule has 0 aromatic carbocycles. The number of allylic oxidation sites excluding steroid dienone is 7. The van der Waals surface area contributed by atoms with Gasteiger partial charge in [0.2, 0.25) is 0 Å². The van der Waals surface area contributed by atoms with Gasteiger partial charge in [0.15, 0.2) is 0 Å². The second-order valence-electron chi connectivity index (χ2n) is 2.91.